The van der Waals surface area contributed by atoms with E-state index in [0.717, 1.165) is 31.1 Å². The third-order valence-electron chi connectivity index (χ3n) is 4.75. The highest BCUT2D eigenvalue weighted by molar-refractivity contribution is 5.12. The molecular formula is C16H29N3. The van der Waals surface area contributed by atoms with E-state index in [4.69, 9.17) is 10.8 Å². The molecule has 3 atom stereocenters. The number of rotatable bonds is 4. The molecule has 3 unspecified atom stereocenters. The molecule has 3 nitrogen and oxygen atoms in total. The Morgan fingerprint density at radius 3 is 2.63 bits per heavy atom. The average molecular weight is 263 g/mol. The normalized spacial score (nSPS) is 28.0. The van der Waals surface area contributed by atoms with Gasteiger partial charge in [-0.15, -0.1) is 0 Å². The standard InChI is InChI=1S/C16H29N3/c1-5-13-10-14(6-2)19(18-13)16-9-12(11(3)4)7-8-15(16)17/h10-12,15-16H,5-9,17H2,1-4H3. The van der Waals surface area contributed by atoms with Crippen LogP contribution in [-0.4, -0.2) is 15.8 Å². The third-order valence-corrected chi connectivity index (χ3v) is 4.75. The van der Waals surface area contributed by atoms with E-state index in [1.165, 1.54) is 24.2 Å². The fourth-order valence-electron chi connectivity index (χ4n) is 3.30. The zero-order valence-electron chi connectivity index (χ0n) is 12.9. The fraction of sp³-hybridized carbons (Fsp3) is 0.812. The fourth-order valence-corrected chi connectivity index (χ4v) is 3.30. The van der Waals surface area contributed by atoms with Crippen LogP contribution in [0.3, 0.4) is 0 Å². The highest BCUT2D eigenvalue weighted by Crippen LogP contribution is 2.36. The zero-order valence-corrected chi connectivity index (χ0v) is 12.9. The van der Waals surface area contributed by atoms with E-state index in [9.17, 15) is 0 Å². The molecule has 0 bridgehead atoms. The maximum atomic E-state index is 6.39. The van der Waals surface area contributed by atoms with Crippen molar-refractivity contribution in [1.29, 1.82) is 0 Å². The highest BCUT2D eigenvalue weighted by atomic mass is 15.3. The zero-order chi connectivity index (χ0) is 14.0. The molecule has 0 amide bonds. The molecule has 19 heavy (non-hydrogen) atoms. The SMILES string of the molecule is CCc1cc(CC)n(C2CC(C(C)C)CCC2N)n1. The lowest BCUT2D eigenvalue weighted by atomic mass is 9.77. The van der Waals surface area contributed by atoms with Crippen LogP contribution < -0.4 is 5.73 Å². The van der Waals surface area contributed by atoms with Crippen molar-refractivity contribution in [3.8, 4) is 0 Å². The second-order valence-electron chi connectivity index (χ2n) is 6.33. The molecule has 0 aromatic carbocycles. The Balaban J connectivity index is 2.25. The van der Waals surface area contributed by atoms with E-state index < -0.39 is 0 Å². The Morgan fingerprint density at radius 1 is 1.32 bits per heavy atom. The summed E-state index contributed by atoms with van der Waals surface area (Å²) in [5.41, 5.74) is 8.94. The minimum absolute atomic E-state index is 0.268. The minimum Gasteiger partial charge on any atom is -0.326 e. The van der Waals surface area contributed by atoms with E-state index in [2.05, 4.69) is 38.4 Å². The molecule has 1 heterocycles. The lowest BCUT2D eigenvalue weighted by Gasteiger charge is -2.36. The van der Waals surface area contributed by atoms with Gasteiger partial charge in [-0.1, -0.05) is 27.7 Å². The molecule has 0 radical (unpaired) electrons. The number of nitrogens with zero attached hydrogens (tertiary/aromatic N) is 2. The summed E-state index contributed by atoms with van der Waals surface area (Å²) in [6, 6.07) is 2.92. The first kappa shape index (κ1) is 14.6. The Hall–Kier alpha value is -0.830. The molecule has 3 heteroatoms. The van der Waals surface area contributed by atoms with Gasteiger partial charge in [0.05, 0.1) is 11.7 Å². The molecular weight excluding hydrogens is 234 g/mol. The Labute approximate surface area is 117 Å². The molecule has 0 saturated heterocycles. The molecule has 0 spiro atoms. The van der Waals surface area contributed by atoms with Crippen LogP contribution in [0.25, 0.3) is 0 Å². The van der Waals surface area contributed by atoms with E-state index in [1.54, 1.807) is 0 Å². The second kappa shape index (κ2) is 6.08. The Morgan fingerprint density at radius 2 is 2.05 bits per heavy atom. The van der Waals surface area contributed by atoms with Crippen LogP contribution in [0.2, 0.25) is 0 Å². The van der Waals surface area contributed by atoms with E-state index in [1.807, 2.05) is 0 Å². The van der Waals surface area contributed by atoms with Gasteiger partial charge in [-0.3, -0.25) is 4.68 Å². The molecule has 1 aromatic rings. The van der Waals surface area contributed by atoms with Crippen molar-refractivity contribution in [1.82, 2.24) is 9.78 Å². The number of hydrogen-bond acceptors (Lipinski definition) is 2. The minimum atomic E-state index is 0.268. The van der Waals surface area contributed by atoms with Gasteiger partial charge in [0.15, 0.2) is 0 Å². The van der Waals surface area contributed by atoms with Gasteiger partial charge >= 0.3 is 0 Å². The maximum Gasteiger partial charge on any atom is 0.0676 e. The quantitative estimate of drug-likeness (QED) is 0.905. The average Bonchev–Trinajstić information content (AvgIpc) is 2.82. The summed E-state index contributed by atoms with van der Waals surface area (Å²) < 4.78 is 2.25. The van der Waals surface area contributed by atoms with E-state index in [0.29, 0.717) is 6.04 Å². The number of aryl methyl sites for hydroxylation is 2. The van der Waals surface area contributed by atoms with Crippen molar-refractivity contribution >= 4 is 0 Å². The maximum absolute atomic E-state index is 6.39. The topological polar surface area (TPSA) is 43.8 Å². The molecule has 1 aliphatic carbocycles. The van der Waals surface area contributed by atoms with Gasteiger partial charge in [0.1, 0.15) is 0 Å². The van der Waals surface area contributed by atoms with Crippen LogP contribution in [0.4, 0.5) is 0 Å². The van der Waals surface area contributed by atoms with Gasteiger partial charge in [-0.25, -0.2) is 0 Å². The lowest BCUT2D eigenvalue weighted by Crippen LogP contribution is -2.40. The molecule has 0 aliphatic heterocycles. The third kappa shape index (κ3) is 3.02. The van der Waals surface area contributed by atoms with Crippen molar-refractivity contribution in [2.75, 3.05) is 0 Å². The summed E-state index contributed by atoms with van der Waals surface area (Å²) in [5.74, 6) is 1.55. The summed E-state index contributed by atoms with van der Waals surface area (Å²) in [7, 11) is 0. The van der Waals surface area contributed by atoms with Gasteiger partial charge in [0.25, 0.3) is 0 Å². The number of aromatic nitrogens is 2. The summed E-state index contributed by atoms with van der Waals surface area (Å²) in [4.78, 5) is 0. The predicted molar refractivity (Wildman–Crippen MR) is 80.2 cm³/mol. The van der Waals surface area contributed by atoms with Crippen molar-refractivity contribution in [2.24, 2.45) is 17.6 Å². The first-order valence-electron chi connectivity index (χ1n) is 7.89. The molecule has 2 N–H and O–H groups in total. The van der Waals surface area contributed by atoms with Crippen molar-refractivity contribution in [2.45, 2.75) is 71.9 Å². The van der Waals surface area contributed by atoms with E-state index in [-0.39, 0.29) is 6.04 Å². The van der Waals surface area contributed by atoms with Crippen LogP contribution in [0.15, 0.2) is 6.07 Å². The summed E-state index contributed by atoms with van der Waals surface area (Å²) in [6.07, 6.45) is 5.66. The number of hydrogen-bond donors (Lipinski definition) is 1. The Kier molecular flexibility index (Phi) is 4.67. The van der Waals surface area contributed by atoms with Gasteiger partial charge in [0, 0.05) is 11.7 Å². The lowest BCUT2D eigenvalue weighted by molar-refractivity contribution is 0.180. The molecule has 1 saturated carbocycles. The van der Waals surface area contributed by atoms with Crippen molar-refractivity contribution in [3.63, 3.8) is 0 Å². The van der Waals surface area contributed by atoms with Gasteiger partial charge < -0.3 is 5.73 Å². The van der Waals surface area contributed by atoms with Crippen molar-refractivity contribution in [3.05, 3.63) is 17.5 Å². The largest absolute Gasteiger partial charge is 0.326 e. The summed E-state index contributed by atoms with van der Waals surface area (Å²) >= 11 is 0. The van der Waals surface area contributed by atoms with Crippen LogP contribution in [0, 0.1) is 11.8 Å². The van der Waals surface area contributed by atoms with Gasteiger partial charge in [-0.2, -0.15) is 5.10 Å². The van der Waals surface area contributed by atoms with Gasteiger partial charge in [0.2, 0.25) is 0 Å². The summed E-state index contributed by atoms with van der Waals surface area (Å²) in [6.45, 7) is 9.05. The van der Waals surface area contributed by atoms with Crippen molar-refractivity contribution < 1.29 is 0 Å². The van der Waals surface area contributed by atoms with E-state index >= 15 is 0 Å². The predicted octanol–water partition coefficient (Wildman–Crippen LogP) is 3.33. The first-order valence-corrected chi connectivity index (χ1v) is 7.89. The highest BCUT2D eigenvalue weighted by Gasteiger charge is 2.32. The Bertz CT molecular complexity index is 408. The molecule has 108 valence electrons. The first-order chi connectivity index (χ1) is 9.06. The van der Waals surface area contributed by atoms with Crippen LogP contribution in [0.1, 0.15) is 64.4 Å². The molecule has 1 fully saturated rings. The van der Waals surface area contributed by atoms with Crippen LogP contribution >= 0.6 is 0 Å². The van der Waals surface area contributed by atoms with Gasteiger partial charge in [-0.05, 0) is 50.0 Å². The monoisotopic (exact) mass is 263 g/mol. The second-order valence-corrected chi connectivity index (χ2v) is 6.33. The van der Waals surface area contributed by atoms with Crippen LogP contribution in [-0.2, 0) is 12.8 Å². The molecule has 1 aliphatic rings. The smallest absolute Gasteiger partial charge is 0.0676 e. The summed E-state index contributed by atoms with van der Waals surface area (Å²) in [5, 5.41) is 4.80. The molecule has 2 rings (SSSR count). The number of nitrogens with two attached hydrogens (primary N) is 1. The molecule has 1 aromatic heterocycles. The van der Waals surface area contributed by atoms with Crippen LogP contribution in [0.5, 0.6) is 0 Å².